The van der Waals surface area contributed by atoms with Gasteiger partial charge in [0, 0.05) is 17.6 Å². The molecule has 6 rings (SSSR count). The number of amides is 1. The number of halogens is 1. The summed E-state index contributed by atoms with van der Waals surface area (Å²) >= 11 is 0. The molecule has 2 aromatic carbocycles. The number of carboxylic acid groups (broad SMARTS) is 1. The van der Waals surface area contributed by atoms with E-state index < -0.39 is 17.7 Å². The van der Waals surface area contributed by atoms with Gasteiger partial charge >= 0.3 is 5.97 Å². The Bertz CT molecular complexity index is 1140. The van der Waals surface area contributed by atoms with E-state index >= 15 is 0 Å². The maximum Gasteiger partial charge on any atom is 0.310 e. The molecule has 4 bridgehead atoms. The van der Waals surface area contributed by atoms with Gasteiger partial charge < -0.3 is 14.7 Å². The zero-order chi connectivity index (χ0) is 25.6. The Balaban J connectivity index is 1.58. The van der Waals surface area contributed by atoms with E-state index in [9.17, 15) is 19.1 Å². The van der Waals surface area contributed by atoms with Crippen molar-refractivity contribution in [3.8, 4) is 5.75 Å². The average Bonchev–Trinajstić information content (AvgIpc) is 2.85. The van der Waals surface area contributed by atoms with Crippen LogP contribution >= 0.6 is 0 Å². The zero-order valence-corrected chi connectivity index (χ0v) is 21.4. The number of hydrogen-bond donors (Lipinski definition) is 1. The molecule has 1 amide bonds. The molecule has 1 atom stereocenters. The monoisotopic (exact) mass is 493 g/mol. The number of benzene rings is 2. The SMILES string of the molecule is CCc1c(CN(C(=O)c2ccc(F)c(OC)c2)C23CC4CC(CC(C4)C2)C3)cccc1C(C)C(=O)O. The number of rotatable bonds is 8. The number of nitrogens with zero attached hydrogens (tertiary/aromatic N) is 1. The highest BCUT2D eigenvalue weighted by atomic mass is 19.1. The maximum atomic E-state index is 14.2. The molecule has 4 fully saturated rings. The Labute approximate surface area is 212 Å². The van der Waals surface area contributed by atoms with Crippen LogP contribution in [0.25, 0.3) is 0 Å². The molecule has 1 N–H and O–H groups in total. The lowest BCUT2D eigenvalue weighted by Crippen LogP contribution is -2.61. The highest BCUT2D eigenvalue weighted by Crippen LogP contribution is 2.58. The summed E-state index contributed by atoms with van der Waals surface area (Å²) in [6.07, 6.45) is 7.50. The lowest BCUT2D eigenvalue weighted by atomic mass is 9.52. The quantitative estimate of drug-likeness (QED) is 0.476. The third-order valence-corrected chi connectivity index (χ3v) is 9.05. The molecular formula is C30H36FNO4. The van der Waals surface area contributed by atoms with Gasteiger partial charge in [0.15, 0.2) is 11.6 Å². The van der Waals surface area contributed by atoms with Crippen molar-refractivity contribution < 1.29 is 23.8 Å². The van der Waals surface area contributed by atoms with Gasteiger partial charge in [-0.2, -0.15) is 0 Å². The van der Waals surface area contributed by atoms with Crippen LogP contribution in [-0.4, -0.2) is 34.5 Å². The molecule has 0 radical (unpaired) electrons. The van der Waals surface area contributed by atoms with Crippen molar-refractivity contribution in [2.24, 2.45) is 17.8 Å². The third-order valence-electron chi connectivity index (χ3n) is 9.05. The van der Waals surface area contributed by atoms with Crippen LogP contribution < -0.4 is 4.74 Å². The van der Waals surface area contributed by atoms with Gasteiger partial charge in [0.25, 0.3) is 5.91 Å². The minimum atomic E-state index is -0.853. The summed E-state index contributed by atoms with van der Waals surface area (Å²) < 4.78 is 19.4. The van der Waals surface area contributed by atoms with Crippen molar-refractivity contribution in [3.63, 3.8) is 0 Å². The lowest BCUT2D eigenvalue weighted by molar-refractivity contribution is -0.138. The van der Waals surface area contributed by atoms with Crippen LogP contribution in [0.3, 0.4) is 0 Å². The predicted octanol–water partition coefficient (Wildman–Crippen LogP) is 6.20. The molecule has 4 saturated carbocycles. The average molecular weight is 494 g/mol. The number of hydrogen-bond acceptors (Lipinski definition) is 3. The molecule has 1 unspecified atom stereocenters. The molecule has 4 aliphatic rings. The Morgan fingerprint density at radius 2 is 1.75 bits per heavy atom. The Hall–Kier alpha value is -2.89. The molecule has 2 aromatic rings. The molecular weight excluding hydrogens is 457 g/mol. The first-order chi connectivity index (χ1) is 17.2. The van der Waals surface area contributed by atoms with Crippen LogP contribution in [0.4, 0.5) is 4.39 Å². The first-order valence-electron chi connectivity index (χ1n) is 13.2. The largest absolute Gasteiger partial charge is 0.494 e. The number of aliphatic carboxylic acids is 1. The summed E-state index contributed by atoms with van der Waals surface area (Å²) in [4.78, 5) is 28.1. The number of carboxylic acids is 1. The van der Waals surface area contributed by atoms with Gasteiger partial charge in [-0.1, -0.05) is 25.1 Å². The lowest BCUT2D eigenvalue weighted by Gasteiger charge is -2.60. The van der Waals surface area contributed by atoms with Crippen LogP contribution in [0.15, 0.2) is 36.4 Å². The van der Waals surface area contributed by atoms with Crippen molar-refractivity contribution in [2.45, 2.75) is 76.8 Å². The third kappa shape index (κ3) is 4.29. The van der Waals surface area contributed by atoms with Gasteiger partial charge in [-0.25, -0.2) is 4.39 Å². The fourth-order valence-electron chi connectivity index (χ4n) is 7.74. The van der Waals surface area contributed by atoms with Crippen molar-refractivity contribution in [1.82, 2.24) is 4.90 Å². The Morgan fingerprint density at radius 1 is 1.11 bits per heavy atom. The van der Waals surface area contributed by atoms with E-state index in [0.717, 1.165) is 36.0 Å². The molecule has 0 heterocycles. The van der Waals surface area contributed by atoms with Crippen LogP contribution in [0.1, 0.15) is 85.3 Å². The van der Waals surface area contributed by atoms with E-state index in [4.69, 9.17) is 4.74 Å². The summed E-state index contributed by atoms with van der Waals surface area (Å²) in [6, 6.07) is 10.2. The minimum absolute atomic E-state index is 0.0674. The van der Waals surface area contributed by atoms with Gasteiger partial charge in [0.1, 0.15) is 0 Å². The first-order valence-corrected chi connectivity index (χ1v) is 13.2. The molecule has 4 aliphatic carbocycles. The molecule has 6 heteroatoms. The minimum Gasteiger partial charge on any atom is -0.494 e. The van der Waals surface area contributed by atoms with Crippen LogP contribution in [0.5, 0.6) is 5.75 Å². The van der Waals surface area contributed by atoms with Crippen LogP contribution in [0, 0.1) is 23.6 Å². The van der Waals surface area contributed by atoms with Crippen LogP contribution in [0.2, 0.25) is 0 Å². The standard InChI is InChI=1S/C30H36FNO4/c1-4-24-23(6-5-7-25(24)18(2)29(34)35)17-32(28(33)22-8-9-26(31)27(13-22)36-3)30-14-19-10-20(15-30)12-21(11-19)16-30/h5-9,13,18-21H,4,10-12,14-17H2,1-3H3,(H,34,35). The van der Waals surface area contributed by atoms with Gasteiger partial charge in [-0.3, -0.25) is 9.59 Å². The van der Waals surface area contributed by atoms with Crippen molar-refractivity contribution in [1.29, 1.82) is 0 Å². The van der Waals surface area contributed by atoms with E-state index in [1.54, 1.807) is 13.0 Å². The Kier molecular flexibility index (Phi) is 6.56. The van der Waals surface area contributed by atoms with E-state index in [2.05, 4.69) is 4.90 Å². The van der Waals surface area contributed by atoms with E-state index in [1.807, 2.05) is 25.1 Å². The molecule has 0 saturated heterocycles. The van der Waals surface area contributed by atoms with Crippen molar-refractivity contribution in [3.05, 3.63) is 64.5 Å². The topological polar surface area (TPSA) is 66.8 Å². The van der Waals surface area contributed by atoms with Gasteiger partial charge in [-0.15, -0.1) is 0 Å². The molecule has 192 valence electrons. The normalized spacial score (nSPS) is 27.1. The number of carbonyl (C=O) groups excluding carboxylic acids is 1. The molecule has 0 aromatic heterocycles. The zero-order valence-electron chi connectivity index (χ0n) is 21.4. The molecule has 5 nitrogen and oxygen atoms in total. The fraction of sp³-hybridized carbons (Fsp3) is 0.533. The maximum absolute atomic E-state index is 14.2. The number of ether oxygens (including phenoxy) is 1. The highest BCUT2D eigenvalue weighted by Gasteiger charge is 2.54. The van der Waals surface area contributed by atoms with E-state index in [1.165, 1.54) is 38.5 Å². The Morgan fingerprint density at radius 3 is 2.31 bits per heavy atom. The second-order valence-electron chi connectivity index (χ2n) is 11.3. The van der Waals surface area contributed by atoms with E-state index in [-0.39, 0.29) is 17.2 Å². The summed E-state index contributed by atoms with van der Waals surface area (Å²) in [7, 11) is 1.41. The summed E-state index contributed by atoms with van der Waals surface area (Å²) in [5.41, 5.74) is 3.03. The van der Waals surface area contributed by atoms with Gasteiger partial charge in [-0.05, 0) is 105 Å². The smallest absolute Gasteiger partial charge is 0.310 e. The fourth-order valence-corrected chi connectivity index (χ4v) is 7.74. The molecule has 36 heavy (non-hydrogen) atoms. The van der Waals surface area contributed by atoms with E-state index in [0.29, 0.717) is 36.3 Å². The molecule has 0 aliphatic heterocycles. The highest BCUT2D eigenvalue weighted by molar-refractivity contribution is 5.95. The predicted molar refractivity (Wildman–Crippen MR) is 136 cm³/mol. The summed E-state index contributed by atoms with van der Waals surface area (Å²) in [5.74, 6) is -0.0416. The first kappa shape index (κ1) is 24.8. The van der Waals surface area contributed by atoms with Crippen molar-refractivity contribution in [2.75, 3.05) is 7.11 Å². The van der Waals surface area contributed by atoms with Gasteiger partial charge in [0.05, 0.1) is 13.0 Å². The summed E-state index contributed by atoms with van der Waals surface area (Å²) in [6.45, 7) is 4.18. The summed E-state index contributed by atoms with van der Waals surface area (Å²) in [5, 5.41) is 9.68. The second-order valence-corrected chi connectivity index (χ2v) is 11.3. The van der Waals surface area contributed by atoms with Crippen molar-refractivity contribution >= 4 is 11.9 Å². The molecule has 0 spiro atoms. The number of carbonyl (C=O) groups is 2. The van der Waals surface area contributed by atoms with Crippen LogP contribution in [-0.2, 0) is 17.8 Å². The van der Waals surface area contributed by atoms with Gasteiger partial charge in [0.2, 0.25) is 0 Å². The second kappa shape index (κ2) is 9.53. The number of methoxy groups -OCH3 is 1.